The van der Waals surface area contributed by atoms with Gasteiger partial charge >= 0.3 is 0 Å². The molecule has 0 aliphatic carbocycles. The van der Waals surface area contributed by atoms with Crippen molar-refractivity contribution in [2.24, 2.45) is 5.92 Å². The van der Waals surface area contributed by atoms with Crippen LogP contribution < -0.4 is 5.32 Å². The van der Waals surface area contributed by atoms with E-state index in [-0.39, 0.29) is 30.4 Å². The van der Waals surface area contributed by atoms with Crippen LogP contribution in [0.15, 0.2) is 36.7 Å². The molecule has 2 aromatic rings. The normalized spacial score (nSPS) is 23.8. The smallest absolute Gasteiger partial charge is 0.222 e. The lowest BCUT2D eigenvalue weighted by molar-refractivity contribution is 0.152. The van der Waals surface area contributed by atoms with E-state index in [2.05, 4.69) is 27.1 Å². The predicted molar refractivity (Wildman–Crippen MR) is 95.8 cm³/mol. The molecule has 2 heterocycles. The molecule has 0 unspecified atom stereocenters. The molecule has 0 radical (unpaired) electrons. The summed E-state index contributed by atoms with van der Waals surface area (Å²) in [5.41, 5.74) is 1.77. The first-order chi connectivity index (χ1) is 12.1. The average Bonchev–Trinajstić information content (AvgIpc) is 2.96. The van der Waals surface area contributed by atoms with Gasteiger partial charge in [-0.3, -0.25) is 4.90 Å². The lowest BCUT2D eigenvalue weighted by atomic mass is 9.92. The summed E-state index contributed by atoms with van der Waals surface area (Å²) in [6.07, 6.45) is 5.34. The van der Waals surface area contributed by atoms with E-state index in [1.807, 2.05) is 31.6 Å². The summed E-state index contributed by atoms with van der Waals surface area (Å²) in [5.74, 6) is 0.541. The second-order valence-corrected chi connectivity index (χ2v) is 6.61. The van der Waals surface area contributed by atoms with Crippen molar-refractivity contribution >= 4 is 5.95 Å². The van der Waals surface area contributed by atoms with Crippen molar-refractivity contribution in [3.05, 3.63) is 53.6 Å². The number of nitrogens with one attached hydrogen (secondary N) is 1. The molecule has 1 saturated heterocycles. The van der Waals surface area contributed by atoms with Crippen LogP contribution >= 0.6 is 0 Å². The summed E-state index contributed by atoms with van der Waals surface area (Å²) >= 11 is 0. The van der Waals surface area contributed by atoms with Crippen LogP contribution in [0.25, 0.3) is 0 Å². The van der Waals surface area contributed by atoms with Gasteiger partial charge in [-0.25, -0.2) is 14.4 Å². The number of likely N-dealkylation sites (N-methyl/N-ethyl adjacent to an activating group) is 1. The monoisotopic (exact) mass is 344 g/mol. The Hall–Kier alpha value is -2.05. The van der Waals surface area contributed by atoms with Crippen molar-refractivity contribution in [1.82, 2.24) is 14.9 Å². The van der Waals surface area contributed by atoms with Gasteiger partial charge in [-0.05, 0) is 37.4 Å². The molecule has 1 aromatic heterocycles. The molecule has 25 heavy (non-hydrogen) atoms. The van der Waals surface area contributed by atoms with Crippen molar-refractivity contribution in [3.63, 3.8) is 0 Å². The predicted octanol–water partition coefficient (Wildman–Crippen LogP) is 2.64. The zero-order valence-electron chi connectivity index (χ0n) is 14.7. The summed E-state index contributed by atoms with van der Waals surface area (Å²) in [7, 11) is 1.95. The maximum atomic E-state index is 14.3. The quantitative estimate of drug-likeness (QED) is 0.844. The second-order valence-electron chi connectivity index (χ2n) is 6.61. The summed E-state index contributed by atoms with van der Waals surface area (Å²) in [6.45, 7) is 2.76. The molecule has 5 nitrogen and oxygen atoms in total. The highest BCUT2D eigenvalue weighted by molar-refractivity contribution is 5.28. The Balaban J connectivity index is 1.76. The largest absolute Gasteiger partial charge is 0.395 e. The molecule has 3 rings (SSSR count). The van der Waals surface area contributed by atoms with Crippen molar-refractivity contribution in [2.75, 3.05) is 25.5 Å². The van der Waals surface area contributed by atoms with E-state index in [1.165, 1.54) is 6.07 Å². The number of aliphatic hydroxyl groups is 1. The highest BCUT2D eigenvalue weighted by Gasteiger charge is 2.40. The zero-order chi connectivity index (χ0) is 17.8. The Bertz CT molecular complexity index is 694. The van der Waals surface area contributed by atoms with E-state index in [0.29, 0.717) is 18.1 Å². The first-order valence-corrected chi connectivity index (χ1v) is 8.76. The molecule has 0 amide bonds. The van der Waals surface area contributed by atoms with Crippen molar-refractivity contribution in [1.29, 1.82) is 0 Å². The Morgan fingerprint density at radius 3 is 2.64 bits per heavy atom. The molecule has 0 saturated carbocycles. The van der Waals surface area contributed by atoms with Crippen LogP contribution in [0.2, 0.25) is 0 Å². The Morgan fingerprint density at radius 2 is 2.00 bits per heavy atom. The highest BCUT2D eigenvalue weighted by Crippen LogP contribution is 2.40. The van der Waals surface area contributed by atoms with Crippen LogP contribution in [0.3, 0.4) is 0 Å². The third kappa shape index (κ3) is 3.80. The summed E-state index contributed by atoms with van der Waals surface area (Å²) in [5, 5.41) is 12.9. The van der Waals surface area contributed by atoms with E-state index in [4.69, 9.17) is 0 Å². The molecule has 134 valence electrons. The molecule has 0 spiro atoms. The Morgan fingerprint density at radius 1 is 1.28 bits per heavy atom. The van der Waals surface area contributed by atoms with Crippen LogP contribution in [-0.2, 0) is 6.42 Å². The molecule has 0 bridgehead atoms. The van der Waals surface area contributed by atoms with E-state index in [0.717, 1.165) is 18.4 Å². The van der Waals surface area contributed by atoms with Gasteiger partial charge in [-0.15, -0.1) is 0 Å². The molecule has 1 fully saturated rings. The van der Waals surface area contributed by atoms with Gasteiger partial charge in [0.2, 0.25) is 5.95 Å². The lowest BCUT2D eigenvalue weighted by Gasteiger charge is -2.28. The topological polar surface area (TPSA) is 61.3 Å². The standard InChI is InChI=1S/C19H25FN4O/c1-3-13-9-21-19(22-10-13)23-11-14-8-15(12-25)24(2)18(14)16-6-4-5-7-17(16)20/h4-7,9-10,14-15,18,25H,3,8,11-12H2,1-2H3,(H,21,22,23)/t14-,15+,18-/m1/s1. The van der Waals surface area contributed by atoms with Crippen molar-refractivity contribution in [2.45, 2.75) is 31.8 Å². The number of nitrogens with zero attached hydrogens (tertiary/aromatic N) is 3. The maximum absolute atomic E-state index is 14.3. The van der Waals surface area contributed by atoms with E-state index in [9.17, 15) is 9.50 Å². The van der Waals surface area contributed by atoms with Gasteiger partial charge in [0.15, 0.2) is 0 Å². The lowest BCUT2D eigenvalue weighted by Crippen LogP contribution is -2.31. The number of aliphatic hydroxyl groups excluding tert-OH is 1. The fourth-order valence-electron chi connectivity index (χ4n) is 3.64. The number of rotatable bonds is 6. The SMILES string of the molecule is CCc1cnc(NC[C@H]2C[C@@H](CO)N(C)[C@H]2c2ccccc2F)nc1. The second kappa shape index (κ2) is 7.89. The van der Waals surface area contributed by atoms with E-state index >= 15 is 0 Å². The highest BCUT2D eigenvalue weighted by atomic mass is 19.1. The van der Waals surface area contributed by atoms with Crippen LogP contribution in [0.1, 0.15) is 30.5 Å². The van der Waals surface area contributed by atoms with Gasteiger partial charge in [0.1, 0.15) is 5.82 Å². The minimum Gasteiger partial charge on any atom is -0.395 e. The number of aryl methyl sites for hydroxylation is 1. The number of likely N-dealkylation sites (tertiary alicyclic amines) is 1. The summed E-state index contributed by atoms with van der Waals surface area (Å²) in [6, 6.07) is 6.83. The minimum absolute atomic E-state index is 0.0276. The van der Waals surface area contributed by atoms with Gasteiger partial charge in [-0.2, -0.15) is 0 Å². The third-order valence-corrected chi connectivity index (χ3v) is 5.11. The molecule has 3 atom stereocenters. The van der Waals surface area contributed by atoms with Gasteiger partial charge in [0.25, 0.3) is 0 Å². The molecule has 2 N–H and O–H groups in total. The minimum atomic E-state index is -0.202. The summed E-state index contributed by atoms with van der Waals surface area (Å²) in [4.78, 5) is 10.7. The van der Waals surface area contributed by atoms with Gasteiger partial charge in [0, 0.05) is 36.6 Å². The maximum Gasteiger partial charge on any atom is 0.222 e. The van der Waals surface area contributed by atoms with Gasteiger partial charge in [-0.1, -0.05) is 25.1 Å². The fourth-order valence-corrected chi connectivity index (χ4v) is 3.64. The Labute approximate surface area is 147 Å². The molecule has 1 aromatic carbocycles. The van der Waals surface area contributed by atoms with Crippen LogP contribution in [0.5, 0.6) is 0 Å². The molecule has 1 aliphatic rings. The number of hydrogen-bond acceptors (Lipinski definition) is 5. The summed E-state index contributed by atoms with van der Waals surface area (Å²) < 4.78 is 14.3. The zero-order valence-corrected chi connectivity index (χ0v) is 14.7. The third-order valence-electron chi connectivity index (χ3n) is 5.11. The first kappa shape index (κ1) is 17.8. The molecule has 6 heteroatoms. The molecule has 1 aliphatic heterocycles. The van der Waals surface area contributed by atoms with Crippen molar-refractivity contribution in [3.8, 4) is 0 Å². The van der Waals surface area contributed by atoms with Gasteiger partial charge < -0.3 is 10.4 Å². The number of hydrogen-bond donors (Lipinski definition) is 2. The average molecular weight is 344 g/mol. The Kier molecular flexibility index (Phi) is 5.60. The van der Waals surface area contributed by atoms with E-state index in [1.54, 1.807) is 6.07 Å². The first-order valence-electron chi connectivity index (χ1n) is 8.76. The van der Waals surface area contributed by atoms with Crippen molar-refractivity contribution < 1.29 is 9.50 Å². The number of benzene rings is 1. The number of anilines is 1. The van der Waals surface area contributed by atoms with E-state index < -0.39 is 0 Å². The fraction of sp³-hybridized carbons (Fsp3) is 0.474. The molecular formula is C19H25FN4O. The number of aromatic nitrogens is 2. The van der Waals surface area contributed by atoms with Crippen LogP contribution in [0, 0.1) is 11.7 Å². The molecular weight excluding hydrogens is 319 g/mol. The van der Waals surface area contributed by atoms with Gasteiger partial charge in [0.05, 0.1) is 6.61 Å². The van der Waals surface area contributed by atoms with Crippen LogP contribution in [0.4, 0.5) is 10.3 Å². The number of halogens is 1. The van der Waals surface area contributed by atoms with Crippen LogP contribution in [-0.4, -0.2) is 46.2 Å².